The van der Waals surface area contributed by atoms with Crippen molar-refractivity contribution in [3.05, 3.63) is 34.9 Å². The smallest absolute Gasteiger partial charge is 0.226 e. The van der Waals surface area contributed by atoms with Gasteiger partial charge in [-0.2, -0.15) is 0 Å². The summed E-state index contributed by atoms with van der Waals surface area (Å²) in [6.07, 6.45) is 4.36. The maximum atomic E-state index is 5.95. The maximum absolute atomic E-state index is 5.95. The van der Waals surface area contributed by atoms with Gasteiger partial charge in [0.2, 0.25) is 6.35 Å². The first-order chi connectivity index (χ1) is 9.72. The molecule has 108 valence electrons. The minimum atomic E-state index is -0.379. The number of ether oxygens (including phenoxy) is 1. The zero-order valence-corrected chi connectivity index (χ0v) is 12.0. The molecule has 2 fully saturated rings. The van der Waals surface area contributed by atoms with Gasteiger partial charge in [0.05, 0.1) is 6.61 Å². The van der Waals surface area contributed by atoms with E-state index < -0.39 is 0 Å². The first-order valence-electron chi connectivity index (χ1n) is 6.96. The van der Waals surface area contributed by atoms with E-state index in [0.717, 1.165) is 17.9 Å². The van der Waals surface area contributed by atoms with Crippen LogP contribution >= 0.6 is 11.6 Å². The van der Waals surface area contributed by atoms with Crippen molar-refractivity contribution in [1.29, 1.82) is 0 Å². The zero-order chi connectivity index (χ0) is 14.0. The molecule has 1 saturated carbocycles. The quantitative estimate of drug-likeness (QED) is 0.498. The van der Waals surface area contributed by atoms with E-state index in [1.165, 1.54) is 18.4 Å². The molecular weight excluding hydrogens is 276 g/mol. The lowest BCUT2D eigenvalue weighted by atomic mass is 9.89. The molecule has 3 N–H and O–H groups in total. The van der Waals surface area contributed by atoms with Gasteiger partial charge in [-0.15, -0.1) is 5.11 Å². The third-order valence-electron chi connectivity index (χ3n) is 4.29. The molecule has 1 aromatic carbocycles. The normalized spacial score (nSPS) is 28.1. The fourth-order valence-electron chi connectivity index (χ4n) is 2.89. The summed E-state index contributed by atoms with van der Waals surface area (Å²) in [4.78, 5) is 0. The molecule has 0 amide bonds. The third-order valence-corrected chi connectivity index (χ3v) is 4.54. The molecule has 2 atom stereocenters. The van der Waals surface area contributed by atoms with E-state index in [-0.39, 0.29) is 6.35 Å². The van der Waals surface area contributed by atoms with Gasteiger partial charge in [0.1, 0.15) is 0 Å². The average molecular weight is 295 g/mol. The van der Waals surface area contributed by atoms with Crippen LogP contribution in [0.1, 0.15) is 31.2 Å². The van der Waals surface area contributed by atoms with Crippen molar-refractivity contribution in [2.75, 3.05) is 6.61 Å². The molecule has 3 rings (SSSR count). The van der Waals surface area contributed by atoms with E-state index in [2.05, 4.69) is 27.8 Å². The summed E-state index contributed by atoms with van der Waals surface area (Å²) in [6.45, 7) is 0.667. The Balaban J connectivity index is 1.55. The predicted molar refractivity (Wildman–Crippen MR) is 77.3 cm³/mol. The second-order valence-corrected chi connectivity index (χ2v) is 6.04. The van der Waals surface area contributed by atoms with Crippen LogP contribution in [0.5, 0.6) is 0 Å². The Morgan fingerprint density at radius 2 is 2.10 bits per heavy atom. The summed E-state index contributed by atoms with van der Waals surface area (Å²) in [5, 5.41) is 11.1. The molecule has 0 aromatic heterocycles. The summed E-state index contributed by atoms with van der Waals surface area (Å²) in [7, 11) is 0. The van der Waals surface area contributed by atoms with Crippen molar-refractivity contribution < 1.29 is 4.74 Å². The number of halogens is 1. The van der Waals surface area contributed by atoms with E-state index in [0.29, 0.717) is 18.1 Å². The molecule has 0 spiro atoms. The van der Waals surface area contributed by atoms with Crippen molar-refractivity contribution in [2.24, 2.45) is 16.2 Å². The fraction of sp³-hybridized carbons (Fsp3) is 0.571. The van der Waals surface area contributed by atoms with Crippen LogP contribution in [0.3, 0.4) is 0 Å². The Hall–Kier alpha value is -1.17. The van der Waals surface area contributed by atoms with E-state index >= 15 is 0 Å². The highest BCUT2D eigenvalue weighted by Gasteiger charge is 2.44. The van der Waals surface area contributed by atoms with Crippen molar-refractivity contribution in [3.8, 4) is 0 Å². The lowest BCUT2D eigenvalue weighted by Crippen LogP contribution is -2.30. The molecule has 5 nitrogen and oxygen atoms in total. The van der Waals surface area contributed by atoms with Gasteiger partial charge in [-0.3, -0.25) is 5.32 Å². The predicted octanol–water partition coefficient (Wildman–Crippen LogP) is 2.75. The van der Waals surface area contributed by atoms with Crippen LogP contribution < -0.4 is 11.2 Å². The second-order valence-electron chi connectivity index (χ2n) is 5.61. The minimum absolute atomic E-state index is 0.329. The Kier molecular flexibility index (Phi) is 3.92. The van der Waals surface area contributed by atoms with Gasteiger partial charge in [0.15, 0.2) is 0 Å². The van der Waals surface area contributed by atoms with E-state index in [4.69, 9.17) is 22.2 Å². The highest BCUT2D eigenvalue weighted by atomic mass is 35.5. The lowest BCUT2D eigenvalue weighted by molar-refractivity contribution is 0.101. The van der Waals surface area contributed by atoms with Crippen LogP contribution in [0.4, 0.5) is 0 Å². The molecule has 1 aliphatic carbocycles. The molecule has 2 aliphatic rings. The molecule has 0 radical (unpaired) electrons. The number of rotatable bonds is 5. The second kappa shape index (κ2) is 5.68. The molecule has 6 heteroatoms. The van der Waals surface area contributed by atoms with Crippen LogP contribution in [-0.4, -0.2) is 19.0 Å². The number of hydrogen-bond acceptors (Lipinski definition) is 4. The minimum Gasteiger partial charge on any atom is -0.341 e. The molecular formula is C14H19ClN4O. The number of hydrogen-bond donors (Lipinski definition) is 2. The number of benzene rings is 1. The highest BCUT2D eigenvalue weighted by Crippen LogP contribution is 2.52. The standard InChI is InChI=1S/C14H19ClN4O/c15-11-3-1-10(2-4-11)14(7-8-14)6-5-12-9-20-13(17-12)18-19-16/h1-4,12-13,17H,5-9H2,(H2,16,18)/t12-,13?/m0/s1. The van der Waals surface area contributed by atoms with Crippen molar-refractivity contribution in [2.45, 2.75) is 43.5 Å². The van der Waals surface area contributed by atoms with Gasteiger partial charge in [0.25, 0.3) is 0 Å². The van der Waals surface area contributed by atoms with E-state index in [1.54, 1.807) is 0 Å². The molecule has 20 heavy (non-hydrogen) atoms. The molecule has 1 aromatic rings. The zero-order valence-electron chi connectivity index (χ0n) is 11.3. The van der Waals surface area contributed by atoms with Gasteiger partial charge in [0, 0.05) is 11.1 Å². The van der Waals surface area contributed by atoms with Gasteiger partial charge >= 0.3 is 0 Å². The van der Waals surface area contributed by atoms with Crippen LogP contribution in [0.2, 0.25) is 5.02 Å². The summed E-state index contributed by atoms with van der Waals surface area (Å²) in [5.74, 6) is 5.02. The summed E-state index contributed by atoms with van der Waals surface area (Å²) in [5.41, 5.74) is 1.75. The first kappa shape index (κ1) is 13.8. The van der Waals surface area contributed by atoms with Gasteiger partial charge in [-0.1, -0.05) is 29.0 Å². The summed E-state index contributed by atoms with van der Waals surface area (Å²) >= 11 is 5.95. The van der Waals surface area contributed by atoms with Crippen molar-refractivity contribution in [3.63, 3.8) is 0 Å². The van der Waals surface area contributed by atoms with E-state index in [9.17, 15) is 0 Å². The summed E-state index contributed by atoms with van der Waals surface area (Å²) < 4.78 is 5.44. The molecule has 1 heterocycles. The average Bonchev–Trinajstić information content (AvgIpc) is 3.11. The number of nitrogens with one attached hydrogen (secondary N) is 1. The highest BCUT2D eigenvalue weighted by molar-refractivity contribution is 6.30. The van der Waals surface area contributed by atoms with Crippen LogP contribution in [-0.2, 0) is 10.2 Å². The summed E-state index contributed by atoms with van der Waals surface area (Å²) in [6, 6.07) is 8.59. The molecule has 1 saturated heterocycles. The van der Waals surface area contributed by atoms with Gasteiger partial charge in [-0.05, 0) is 48.8 Å². The van der Waals surface area contributed by atoms with Gasteiger partial charge < -0.3 is 10.6 Å². The monoisotopic (exact) mass is 294 g/mol. The van der Waals surface area contributed by atoms with Gasteiger partial charge in [-0.25, -0.2) is 0 Å². The van der Waals surface area contributed by atoms with Crippen molar-refractivity contribution >= 4 is 11.6 Å². The van der Waals surface area contributed by atoms with Crippen LogP contribution in [0, 0.1) is 0 Å². The Bertz CT molecular complexity index is 486. The third kappa shape index (κ3) is 2.95. The number of nitrogens with two attached hydrogens (primary N) is 1. The SMILES string of the molecule is NN=NC1N[C@@H](CCC2(c3ccc(Cl)cc3)CC2)CO1. The fourth-order valence-corrected chi connectivity index (χ4v) is 3.01. The molecule has 1 unspecified atom stereocenters. The maximum Gasteiger partial charge on any atom is 0.226 e. The Morgan fingerprint density at radius 1 is 1.35 bits per heavy atom. The molecule has 1 aliphatic heterocycles. The largest absolute Gasteiger partial charge is 0.341 e. The number of nitrogens with zero attached hydrogens (tertiary/aromatic N) is 2. The van der Waals surface area contributed by atoms with Crippen molar-refractivity contribution in [1.82, 2.24) is 5.32 Å². The molecule has 0 bridgehead atoms. The van der Waals surface area contributed by atoms with Crippen LogP contribution in [0.25, 0.3) is 0 Å². The van der Waals surface area contributed by atoms with E-state index in [1.807, 2.05) is 12.1 Å². The van der Waals surface area contributed by atoms with Crippen LogP contribution in [0.15, 0.2) is 34.6 Å². The first-order valence-corrected chi connectivity index (χ1v) is 7.33. The Morgan fingerprint density at radius 3 is 2.75 bits per heavy atom. The lowest BCUT2D eigenvalue weighted by Gasteiger charge is -2.18. The topological polar surface area (TPSA) is 72.0 Å². The Labute approximate surface area is 123 Å².